The van der Waals surface area contributed by atoms with Crippen molar-refractivity contribution in [1.82, 2.24) is 4.90 Å². The number of benzene rings is 2. The normalized spacial score (nSPS) is 19.1. The van der Waals surface area contributed by atoms with Gasteiger partial charge in [-0.05, 0) is 54.8 Å². The number of ether oxygens (including phenoxy) is 1. The molecule has 0 aliphatic carbocycles. The van der Waals surface area contributed by atoms with Crippen LogP contribution >= 0.6 is 0 Å². The minimum Gasteiger partial charge on any atom is -0.486 e. The standard InChI is InChI=1S/C22H21NO5/c1-22(21(25)26)11-4-12-23(22)20(24)19-10-9-18(28-19)14-27-17-8-7-15-5-2-3-6-16(15)13-17/h2-3,5-10,13H,4,11-12,14H2,1H3,(H,25,26). The molecule has 0 saturated carbocycles. The molecule has 144 valence electrons. The lowest BCUT2D eigenvalue weighted by molar-refractivity contribution is -0.147. The number of hydrogen-bond donors (Lipinski definition) is 1. The monoisotopic (exact) mass is 379 g/mol. The molecule has 1 unspecified atom stereocenters. The van der Waals surface area contributed by atoms with Crippen molar-refractivity contribution in [1.29, 1.82) is 0 Å². The Hall–Kier alpha value is -3.28. The maximum absolute atomic E-state index is 12.7. The fourth-order valence-corrected chi connectivity index (χ4v) is 3.63. The first-order valence-electron chi connectivity index (χ1n) is 9.23. The second-order valence-electron chi connectivity index (χ2n) is 7.20. The van der Waals surface area contributed by atoms with E-state index in [1.807, 2.05) is 42.5 Å². The Morgan fingerprint density at radius 3 is 2.71 bits per heavy atom. The Morgan fingerprint density at radius 1 is 1.14 bits per heavy atom. The number of carbonyl (C=O) groups is 2. The molecule has 1 atom stereocenters. The largest absolute Gasteiger partial charge is 0.486 e. The average Bonchev–Trinajstić information content (AvgIpc) is 3.33. The third-order valence-corrected chi connectivity index (χ3v) is 5.32. The molecule has 2 aromatic carbocycles. The molecule has 6 heteroatoms. The Bertz CT molecular complexity index is 1040. The van der Waals surface area contributed by atoms with E-state index in [9.17, 15) is 14.7 Å². The summed E-state index contributed by atoms with van der Waals surface area (Å²) in [6, 6.07) is 17.1. The van der Waals surface area contributed by atoms with Gasteiger partial charge in [0.15, 0.2) is 5.76 Å². The Kier molecular flexibility index (Phi) is 4.55. The van der Waals surface area contributed by atoms with Crippen molar-refractivity contribution in [2.75, 3.05) is 6.54 Å². The van der Waals surface area contributed by atoms with Gasteiger partial charge < -0.3 is 19.2 Å². The van der Waals surface area contributed by atoms with Gasteiger partial charge in [-0.15, -0.1) is 0 Å². The lowest BCUT2D eigenvalue weighted by Crippen LogP contribution is -2.50. The summed E-state index contributed by atoms with van der Waals surface area (Å²) in [4.78, 5) is 25.7. The Morgan fingerprint density at radius 2 is 1.93 bits per heavy atom. The third-order valence-electron chi connectivity index (χ3n) is 5.32. The van der Waals surface area contributed by atoms with Crippen LogP contribution in [0, 0.1) is 0 Å². The zero-order chi connectivity index (χ0) is 19.7. The average molecular weight is 379 g/mol. The number of rotatable bonds is 5. The van der Waals surface area contributed by atoms with Crippen LogP contribution in [0.15, 0.2) is 59.0 Å². The van der Waals surface area contributed by atoms with E-state index in [0.29, 0.717) is 30.9 Å². The van der Waals surface area contributed by atoms with Gasteiger partial charge in [-0.25, -0.2) is 4.79 Å². The van der Waals surface area contributed by atoms with Gasteiger partial charge in [0.25, 0.3) is 5.91 Å². The van der Waals surface area contributed by atoms with Crippen molar-refractivity contribution >= 4 is 22.6 Å². The second kappa shape index (κ2) is 7.03. The predicted molar refractivity (Wildman–Crippen MR) is 103 cm³/mol. The topological polar surface area (TPSA) is 80.0 Å². The molecule has 0 bridgehead atoms. The van der Waals surface area contributed by atoms with E-state index < -0.39 is 17.4 Å². The maximum atomic E-state index is 12.7. The molecule has 2 heterocycles. The molecule has 1 amide bonds. The molecular weight excluding hydrogens is 358 g/mol. The summed E-state index contributed by atoms with van der Waals surface area (Å²) in [6.07, 6.45) is 1.10. The molecule has 1 aliphatic heterocycles. The van der Waals surface area contributed by atoms with Crippen LogP contribution in [0.1, 0.15) is 36.1 Å². The van der Waals surface area contributed by atoms with Crippen LogP contribution in [0.2, 0.25) is 0 Å². The van der Waals surface area contributed by atoms with E-state index in [4.69, 9.17) is 9.15 Å². The number of nitrogens with zero attached hydrogens (tertiary/aromatic N) is 1. The summed E-state index contributed by atoms with van der Waals surface area (Å²) >= 11 is 0. The zero-order valence-electron chi connectivity index (χ0n) is 15.6. The van der Waals surface area contributed by atoms with E-state index in [-0.39, 0.29) is 12.4 Å². The number of fused-ring (bicyclic) bond motifs is 1. The molecule has 0 radical (unpaired) electrons. The fraction of sp³-hybridized carbons (Fsp3) is 0.273. The van der Waals surface area contributed by atoms with Crippen LogP contribution in [0.3, 0.4) is 0 Å². The summed E-state index contributed by atoms with van der Waals surface area (Å²) in [5, 5.41) is 11.7. The van der Waals surface area contributed by atoms with E-state index in [1.165, 1.54) is 4.90 Å². The summed E-state index contributed by atoms with van der Waals surface area (Å²) in [5.74, 6) is -0.0516. The van der Waals surface area contributed by atoms with Gasteiger partial charge in [-0.2, -0.15) is 0 Å². The number of carboxylic acids is 1. The first kappa shape index (κ1) is 18.1. The number of aliphatic carboxylic acids is 1. The van der Waals surface area contributed by atoms with Crippen molar-refractivity contribution in [3.63, 3.8) is 0 Å². The Balaban J connectivity index is 1.45. The highest BCUT2D eigenvalue weighted by Crippen LogP contribution is 2.31. The third kappa shape index (κ3) is 3.22. The van der Waals surface area contributed by atoms with Crippen molar-refractivity contribution in [3.05, 3.63) is 66.1 Å². The number of likely N-dealkylation sites (tertiary alicyclic amines) is 1. The quantitative estimate of drug-likeness (QED) is 0.722. The molecule has 1 N–H and O–H groups in total. The van der Waals surface area contributed by atoms with Gasteiger partial charge >= 0.3 is 5.97 Å². The van der Waals surface area contributed by atoms with E-state index in [2.05, 4.69) is 0 Å². The van der Waals surface area contributed by atoms with E-state index >= 15 is 0 Å². The molecule has 28 heavy (non-hydrogen) atoms. The van der Waals surface area contributed by atoms with Gasteiger partial charge in [0, 0.05) is 6.54 Å². The van der Waals surface area contributed by atoms with Gasteiger partial charge in [0.2, 0.25) is 0 Å². The van der Waals surface area contributed by atoms with Crippen molar-refractivity contribution < 1.29 is 23.8 Å². The van der Waals surface area contributed by atoms with Crippen molar-refractivity contribution in [2.24, 2.45) is 0 Å². The second-order valence-corrected chi connectivity index (χ2v) is 7.20. The molecule has 1 saturated heterocycles. The van der Waals surface area contributed by atoms with Crippen LogP contribution in [-0.2, 0) is 11.4 Å². The summed E-state index contributed by atoms with van der Waals surface area (Å²) < 4.78 is 11.4. The number of carbonyl (C=O) groups excluding carboxylic acids is 1. The first-order chi connectivity index (χ1) is 13.5. The summed E-state index contributed by atoms with van der Waals surface area (Å²) in [6.45, 7) is 2.17. The van der Waals surface area contributed by atoms with Crippen LogP contribution in [0.25, 0.3) is 10.8 Å². The molecule has 0 spiro atoms. The molecular formula is C22H21NO5. The number of furan rings is 1. The van der Waals surface area contributed by atoms with Crippen LogP contribution < -0.4 is 4.74 Å². The molecule has 1 aliphatic rings. The van der Waals surface area contributed by atoms with Crippen molar-refractivity contribution in [2.45, 2.75) is 31.9 Å². The van der Waals surface area contributed by atoms with E-state index in [0.717, 1.165) is 10.8 Å². The molecule has 1 aromatic heterocycles. The highest BCUT2D eigenvalue weighted by Gasteiger charge is 2.46. The van der Waals surface area contributed by atoms with Gasteiger partial charge in [0.05, 0.1) is 0 Å². The fourth-order valence-electron chi connectivity index (χ4n) is 3.63. The Labute approximate surface area is 162 Å². The zero-order valence-corrected chi connectivity index (χ0v) is 15.6. The molecule has 6 nitrogen and oxygen atoms in total. The van der Waals surface area contributed by atoms with Crippen LogP contribution in [0.4, 0.5) is 0 Å². The SMILES string of the molecule is CC1(C(=O)O)CCCN1C(=O)c1ccc(COc2ccc3ccccc3c2)o1. The first-order valence-corrected chi connectivity index (χ1v) is 9.23. The van der Waals surface area contributed by atoms with Crippen LogP contribution in [-0.4, -0.2) is 34.0 Å². The highest BCUT2D eigenvalue weighted by molar-refractivity contribution is 5.96. The lowest BCUT2D eigenvalue weighted by Gasteiger charge is -2.30. The summed E-state index contributed by atoms with van der Waals surface area (Å²) in [7, 11) is 0. The number of carboxylic acid groups (broad SMARTS) is 1. The van der Waals surface area contributed by atoms with Crippen molar-refractivity contribution in [3.8, 4) is 5.75 Å². The molecule has 1 fully saturated rings. The molecule has 4 rings (SSSR count). The molecule has 3 aromatic rings. The maximum Gasteiger partial charge on any atom is 0.329 e. The van der Waals surface area contributed by atoms with Gasteiger partial charge in [0.1, 0.15) is 23.7 Å². The van der Waals surface area contributed by atoms with Gasteiger partial charge in [-0.3, -0.25) is 4.79 Å². The smallest absolute Gasteiger partial charge is 0.329 e. The van der Waals surface area contributed by atoms with Gasteiger partial charge in [-0.1, -0.05) is 30.3 Å². The van der Waals surface area contributed by atoms with Crippen LogP contribution in [0.5, 0.6) is 5.75 Å². The minimum atomic E-state index is -1.19. The highest BCUT2D eigenvalue weighted by atomic mass is 16.5. The minimum absolute atomic E-state index is 0.131. The number of amides is 1. The number of hydrogen-bond acceptors (Lipinski definition) is 4. The predicted octanol–water partition coefficient (Wildman–Crippen LogP) is 4.09. The van der Waals surface area contributed by atoms with E-state index in [1.54, 1.807) is 19.1 Å². The summed E-state index contributed by atoms with van der Waals surface area (Å²) in [5.41, 5.74) is -1.19. The lowest BCUT2D eigenvalue weighted by atomic mass is 9.99.